The number of thiazole rings is 1. The van der Waals surface area contributed by atoms with E-state index in [1.165, 1.54) is 39.9 Å². The SMILES string of the molecule is C=CCN(CC=C)S(=O)(=O)c1ccc(C(=O)N(CCN2CCOCC2)c2nc3c(C)cc(Cl)cc3s2)cc1.Cl. The molecule has 0 unspecified atom stereocenters. The Hall–Kier alpha value is -2.31. The number of anilines is 1. The first kappa shape index (κ1) is 31.2. The molecular weight excluding hydrogens is 579 g/mol. The van der Waals surface area contributed by atoms with Crippen LogP contribution in [0.4, 0.5) is 5.13 Å². The molecule has 0 radical (unpaired) electrons. The Morgan fingerprint density at radius 2 is 1.79 bits per heavy atom. The van der Waals surface area contributed by atoms with Crippen LogP contribution >= 0.6 is 35.3 Å². The van der Waals surface area contributed by atoms with Crippen LogP contribution in [0.2, 0.25) is 5.02 Å². The molecular formula is C27H32Cl2N4O4S2. The van der Waals surface area contributed by atoms with Crippen molar-refractivity contribution in [2.24, 2.45) is 0 Å². The Morgan fingerprint density at radius 1 is 1.15 bits per heavy atom. The molecule has 0 bridgehead atoms. The summed E-state index contributed by atoms with van der Waals surface area (Å²) >= 11 is 7.67. The first-order chi connectivity index (χ1) is 18.2. The molecule has 0 atom stereocenters. The number of amides is 1. The quantitative estimate of drug-likeness (QED) is 0.283. The van der Waals surface area contributed by atoms with E-state index in [1.807, 2.05) is 19.1 Å². The third kappa shape index (κ3) is 7.26. The Balaban J connectivity index is 0.00000420. The van der Waals surface area contributed by atoms with Crippen molar-refractivity contribution in [3.8, 4) is 0 Å². The summed E-state index contributed by atoms with van der Waals surface area (Å²) in [5.41, 5.74) is 2.12. The van der Waals surface area contributed by atoms with Crippen LogP contribution in [0, 0.1) is 6.92 Å². The molecule has 0 saturated carbocycles. The van der Waals surface area contributed by atoms with E-state index in [0.717, 1.165) is 28.9 Å². The van der Waals surface area contributed by atoms with E-state index in [0.29, 0.717) is 42.0 Å². The molecule has 0 aliphatic carbocycles. The number of halogens is 2. The van der Waals surface area contributed by atoms with E-state index in [4.69, 9.17) is 21.3 Å². The molecule has 3 aromatic rings. The maximum absolute atomic E-state index is 13.8. The molecule has 4 rings (SSSR count). The summed E-state index contributed by atoms with van der Waals surface area (Å²) in [7, 11) is -3.77. The monoisotopic (exact) mass is 610 g/mol. The van der Waals surface area contributed by atoms with Gasteiger partial charge in [0.1, 0.15) is 0 Å². The molecule has 210 valence electrons. The van der Waals surface area contributed by atoms with Crippen LogP contribution < -0.4 is 4.90 Å². The van der Waals surface area contributed by atoms with Gasteiger partial charge in [0.05, 0.1) is 28.3 Å². The minimum Gasteiger partial charge on any atom is -0.379 e. The Kier molecular flexibility index (Phi) is 11.1. The largest absolute Gasteiger partial charge is 0.379 e. The number of fused-ring (bicyclic) bond motifs is 1. The van der Waals surface area contributed by atoms with Crippen LogP contribution in [0.3, 0.4) is 0 Å². The molecule has 1 aromatic heterocycles. The number of sulfonamides is 1. The van der Waals surface area contributed by atoms with E-state index >= 15 is 0 Å². The van der Waals surface area contributed by atoms with Crippen LogP contribution in [0.1, 0.15) is 15.9 Å². The average Bonchev–Trinajstić information content (AvgIpc) is 3.33. The van der Waals surface area contributed by atoms with Crippen molar-refractivity contribution >= 4 is 66.6 Å². The highest BCUT2D eigenvalue weighted by atomic mass is 35.5. The average molecular weight is 612 g/mol. The minimum atomic E-state index is -3.77. The van der Waals surface area contributed by atoms with Gasteiger partial charge >= 0.3 is 0 Å². The Morgan fingerprint density at radius 3 is 2.41 bits per heavy atom. The lowest BCUT2D eigenvalue weighted by Gasteiger charge is -2.29. The van der Waals surface area contributed by atoms with Gasteiger partial charge in [0.2, 0.25) is 10.0 Å². The number of aromatic nitrogens is 1. The van der Waals surface area contributed by atoms with Crippen LogP contribution in [-0.4, -0.2) is 81.0 Å². The predicted molar refractivity (Wildman–Crippen MR) is 161 cm³/mol. The van der Waals surface area contributed by atoms with E-state index in [-0.39, 0.29) is 36.3 Å². The number of hydrogen-bond donors (Lipinski definition) is 0. The predicted octanol–water partition coefficient (Wildman–Crippen LogP) is 5.02. The van der Waals surface area contributed by atoms with E-state index < -0.39 is 10.0 Å². The summed E-state index contributed by atoms with van der Waals surface area (Å²) < 4.78 is 33.8. The molecule has 0 spiro atoms. The lowest BCUT2D eigenvalue weighted by molar-refractivity contribution is 0.0391. The normalized spacial score (nSPS) is 14.2. The second-order valence-electron chi connectivity index (χ2n) is 8.90. The second-order valence-corrected chi connectivity index (χ2v) is 12.3. The summed E-state index contributed by atoms with van der Waals surface area (Å²) in [6, 6.07) is 9.73. The van der Waals surface area contributed by atoms with Crippen molar-refractivity contribution in [2.75, 3.05) is 57.4 Å². The van der Waals surface area contributed by atoms with Crippen LogP contribution in [-0.2, 0) is 14.8 Å². The molecule has 0 N–H and O–H groups in total. The number of nitrogens with zero attached hydrogens (tertiary/aromatic N) is 4. The fourth-order valence-electron chi connectivity index (χ4n) is 4.24. The third-order valence-electron chi connectivity index (χ3n) is 6.26. The number of hydrogen-bond acceptors (Lipinski definition) is 7. The standard InChI is InChI=1S/C27H31ClN4O4S2.ClH/c1-4-10-31(11-5-2)38(34,35)23-8-6-21(7-9-23)26(33)32(13-12-30-14-16-36-17-15-30)27-29-25-20(3)18-22(28)19-24(25)37-27;/h4-9,18-19H,1-2,10-17H2,3H3;1H. The van der Waals surface area contributed by atoms with Gasteiger partial charge in [-0.25, -0.2) is 13.4 Å². The zero-order chi connectivity index (χ0) is 27.3. The number of rotatable bonds is 11. The third-order valence-corrected chi connectivity index (χ3v) is 9.35. The van der Waals surface area contributed by atoms with Gasteiger partial charge in [-0.1, -0.05) is 35.1 Å². The van der Waals surface area contributed by atoms with Gasteiger partial charge in [0, 0.05) is 49.9 Å². The van der Waals surface area contributed by atoms with Gasteiger partial charge in [0.25, 0.3) is 5.91 Å². The number of benzene rings is 2. The molecule has 2 aromatic carbocycles. The van der Waals surface area contributed by atoms with Gasteiger partial charge in [-0.15, -0.1) is 25.6 Å². The summed E-state index contributed by atoms with van der Waals surface area (Å²) in [5.74, 6) is -0.251. The molecule has 12 heteroatoms. The molecule has 1 aliphatic rings. The molecule has 1 fully saturated rings. The maximum atomic E-state index is 13.8. The Bertz CT molecular complexity index is 1410. The van der Waals surface area contributed by atoms with Crippen LogP contribution in [0.5, 0.6) is 0 Å². The molecule has 1 aliphatic heterocycles. The summed E-state index contributed by atoms with van der Waals surface area (Å²) in [6.45, 7) is 13.6. The highest BCUT2D eigenvalue weighted by Crippen LogP contribution is 2.33. The number of ether oxygens (including phenoxy) is 1. The van der Waals surface area contributed by atoms with Crippen molar-refractivity contribution < 1.29 is 17.9 Å². The molecule has 1 amide bonds. The van der Waals surface area contributed by atoms with Crippen molar-refractivity contribution in [2.45, 2.75) is 11.8 Å². The van der Waals surface area contributed by atoms with Crippen molar-refractivity contribution in [3.05, 3.63) is 77.9 Å². The molecule has 39 heavy (non-hydrogen) atoms. The fourth-order valence-corrected chi connectivity index (χ4v) is 7.07. The second kappa shape index (κ2) is 13.8. The number of morpholine rings is 1. The minimum absolute atomic E-state index is 0. The van der Waals surface area contributed by atoms with Gasteiger partial charge in [-0.2, -0.15) is 4.31 Å². The fraction of sp³-hybridized carbons (Fsp3) is 0.333. The van der Waals surface area contributed by atoms with Crippen LogP contribution in [0.25, 0.3) is 10.2 Å². The highest BCUT2D eigenvalue weighted by Gasteiger charge is 2.26. The van der Waals surface area contributed by atoms with E-state index in [2.05, 4.69) is 18.1 Å². The summed E-state index contributed by atoms with van der Waals surface area (Å²) in [4.78, 5) is 22.6. The van der Waals surface area contributed by atoms with Crippen molar-refractivity contribution in [1.29, 1.82) is 0 Å². The molecule has 1 saturated heterocycles. The first-order valence-corrected chi connectivity index (χ1v) is 14.9. The first-order valence-electron chi connectivity index (χ1n) is 12.2. The van der Waals surface area contributed by atoms with Gasteiger partial charge in [-0.05, 0) is 48.9 Å². The molecule has 8 nitrogen and oxygen atoms in total. The Labute approximate surface area is 245 Å². The lowest BCUT2D eigenvalue weighted by Crippen LogP contribution is -2.43. The van der Waals surface area contributed by atoms with Crippen molar-refractivity contribution in [3.63, 3.8) is 0 Å². The van der Waals surface area contributed by atoms with Gasteiger partial charge in [0.15, 0.2) is 5.13 Å². The topological polar surface area (TPSA) is 83.1 Å². The maximum Gasteiger partial charge on any atom is 0.260 e. The smallest absolute Gasteiger partial charge is 0.260 e. The summed E-state index contributed by atoms with van der Waals surface area (Å²) in [5, 5.41) is 1.19. The zero-order valence-corrected chi connectivity index (χ0v) is 24.9. The molecule has 2 heterocycles. The number of carbonyl (C=O) groups is 1. The number of carbonyl (C=O) groups excluding carboxylic acids is 1. The number of aryl methyl sites for hydroxylation is 1. The van der Waals surface area contributed by atoms with Crippen molar-refractivity contribution in [1.82, 2.24) is 14.2 Å². The van der Waals surface area contributed by atoms with E-state index in [9.17, 15) is 13.2 Å². The van der Waals surface area contributed by atoms with Gasteiger partial charge in [-0.3, -0.25) is 14.6 Å². The lowest BCUT2D eigenvalue weighted by atomic mass is 10.2. The summed E-state index contributed by atoms with van der Waals surface area (Å²) in [6.07, 6.45) is 3.05. The van der Waals surface area contributed by atoms with E-state index in [1.54, 1.807) is 17.0 Å². The van der Waals surface area contributed by atoms with Gasteiger partial charge < -0.3 is 4.74 Å². The van der Waals surface area contributed by atoms with Crippen LogP contribution in [0.15, 0.2) is 66.6 Å². The highest BCUT2D eigenvalue weighted by molar-refractivity contribution is 7.89. The zero-order valence-electron chi connectivity index (χ0n) is 21.7.